The van der Waals surface area contributed by atoms with Crippen LogP contribution in [0.2, 0.25) is 0 Å². The van der Waals surface area contributed by atoms with Crippen molar-refractivity contribution in [3.8, 4) is 17.1 Å². The van der Waals surface area contributed by atoms with Gasteiger partial charge in [-0.25, -0.2) is 4.98 Å². The molecule has 0 radical (unpaired) electrons. The number of aromatic nitrogens is 2. The molecule has 0 aliphatic carbocycles. The van der Waals surface area contributed by atoms with E-state index in [1.54, 1.807) is 0 Å². The molecular formula is C18H22N4O. The number of rotatable bonds is 5. The fourth-order valence-electron chi connectivity index (χ4n) is 2.77. The summed E-state index contributed by atoms with van der Waals surface area (Å²) in [6, 6.07) is 14.0. The average Bonchev–Trinajstić information content (AvgIpc) is 2.95. The number of fused-ring (bicyclic) bond motifs is 1. The van der Waals surface area contributed by atoms with E-state index in [0.29, 0.717) is 24.6 Å². The molecule has 5 heteroatoms. The molecule has 0 fully saturated rings. The monoisotopic (exact) mass is 310 g/mol. The molecular weight excluding hydrogens is 288 g/mol. The van der Waals surface area contributed by atoms with Crippen molar-refractivity contribution in [3.63, 3.8) is 0 Å². The lowest BCUT2D eigenvalue weighted by molar-refractivity contribution is 0.342. The minimum absolute atomic E-state index is 0.144. The van der Waals surface area contributed by atoms with Gasteiger partial charge in [-0.2, -0.15) is 0 Å². The highest BCUT2D eigenvalue weighted by molar-refractivity contribution is 5.81. The molecule has 0 bridgehead atoms. The number of ether oxygens (including phenoxy) is 1. The zero-order valence-corrected chi connectivity index (χ0v) is 13.5. The zero-order chi connectivity index (χ0) is 16.4. The van der Waals surface area contributed by atoms with Crippen molar-refractivity contribution in [3.05, 3.63) is 42.5 Å². The molecule has 5 nitrogen and oxygen atoms in total. The fraction of sp³-hybridized carbons (Fsp3) is 0.278. The van der Waals surface area contributed by atoms with Crippen molar-refractivity contribution in [1.82, 2.24) is 9.55 Å². The van der Waals surface area contributed by atoms with Gasteiger partial charge in [0.1, 0.15) is 11.6 Å². The largest absolute Gasteiger partial charge is 0.492 e. The molecule has 120 valence electrons. The van der Waals surface area contributed by atoms with Gasteiger partial charge in [-0.05, 0) is 44.2 Å². The number of benzene rings is 2. The number of imidazole rings is 1. The minimum atomic E-state index is 0.144. The van der Waals surface area contributed by atoms with Gasteiger partial charge in [-0.3, -0.25) is 0 Å². The van der Waals surface area contributed by atoms with Crippen LogP contribution >= 0.6 is 0 Å². The second kappa shape index (κ2) is 6.30. The number of hydrogen-bond donors (Lipinski definition) is 2. The number of anilines is 1. The number of nitrogen functional groups attached to an aromatic ring is 1. The third kappa shape index (κ3) is 2.75. The number of hydrogen-bond acceptors (Lipinski definition) is 4. The maximum atomic E-state index is 6.11. The highest BCUT2D eigenvalue weighted by Gasteiger charge is 2.17. The van der Waals surface area contributed by atoms with Crippen molar-refractivity contribution in [2.24, 2.45) is 5.73 Å². The average molecular weight is 310 g/mol. The van der Waals surface area contributed by atoms with E-state index in [1.807, 2.05) is 43.3 Å². The van der Waals surface area contributed by atoms with E-state index >= 15 is 0 Å². The molecule has 0 aliphatic heterocycles. The van der Waals surface area contributed by atoms with Gasteiger partial charge < -0.3 is 20.8 Å². The van der Waals surface area contributed by atoms with Gasteiger partial charge in [0.05, 0.1) is 23.3 Å². The summed E-state index contributed by atoms with van der Waals surface area (Å²) in [5.41, 5.74) is 15.6. The number of nitrogens with zero attached hydrogens (tertiary/aromatic N) is 2. The van der Waals surface area contributed by atoms with E-state index in [4.69, 9.17) is 21.2 Å². The Morgan fingerprint density at radius 3 is 2.70 bits per heavy atom. The predicted molar refractivity (Wildman–Crippen MR) is 94.5 cm³/mol. The Morgan fingerprint density at radius 1 is 1.22 bits per heavy atom. The molecule has 0 saturated carbocycles. The first kappa shape index (κ1) is 15.4. The summed E-state index contributed by atoms with van der Waals surface area (Å²) < 4.78 is 7.68. The van der Waals surface area contributed by atoms with Crippen LogP contribution in [-0.2, 0) is 0 Å². The van der Waals surface area contributed by atoms with Gasteiger partial charge in [0.25, 0.3) is 0 Å². The lowest BCUT2D eigenvalue weighted by atomic mass is 10.1. The first-order valence-corrected chi connectivity index (χ1v) is 7.85. The fourth-order valence-corrected chi connectivity index (χ4v) is 2.77. The van der Waals surface area contributed by atoms with Crippen LogP contribution in [0.15, 0.2) is 42.5 Å². The lowest BCUT2D eigenvalue weighted by Crippen LogP contribution is -2.17. The van der Waals surface area contributed by atoms with Crippen LogP contribution in [0.1, 0.15) is 19.9 Å². The number of para-hydroxylation sites is 2. The highest BCUT2D eigenvalue weighted by atomic mass is 16.5. The van der Waals surface area contributed by atoms with Gasteiger partial charge >= 0.3 is 0 Å². The molecule has 2 aromatic carbocycles. The van der Waals surface area contributed by atoms with Gasteiger partial charge in [-0.15, -0.1) is 0 Å². The first-order valence-electron chi connectivity index (χ1n) is 7.85. The predicted octanol–water partition coefficient (Wildman–Crippen LogP) is 3.20. The molecule has 1 heterocycles. The molecule has 0 aliphatic rings. The molecule has 3 rings (SSSR count). The van der Waals surface area contributed by atoms with Crippen LogP contribution < -0.4 is 16.2 Å². The van der Waals surface area contributed by atoms with E-state index in [-0.39, 0.29) is 6.04 Å². The lowest BCUT2D eigenvalue weighted by Gasteiger charge is -2.16. The normalized spacial score (nSPS) is 12.5. The molecule has 3 aromatic rings. The Bertz CT molecular complexity index is 825. The van der Waals surface area contributed by atoms with Crippen molar-refractivity contribution in [2.75, 3.05) is 18.9 Å². The second-order valence-corrected chi connectivity index (χ2v) is 5.56. The molecule has 0 amide bonds. The Kier molecular flexibility index (Phi) is 4.21. The third-order valence-electron chi connectivity index (χ3n) is 3.95. The Balaban J connectivity index is 2.17. The zero-order valence-electron chi connectivity index (χ0n) is 13.5. The molecule has 1 aromatic heterocycles. The van der Waals surface area contributed by atoms with E-state index in [1.165, 1.54) is 0 Å². The van der Waals surface area contributed by atoms with Crippen molar-refractivity contribution in [2.45, 2.75) is 19.9 Å². The standard InChI is InChI=1S/C18H22N4O/c1-3-23-17-9-8-13(10-14(17)20)18-21-15-6-4-5-7-16(15)22(18)12(2)11-19/h4-10,12H,3,11,19-20H2,1-2H3. The van der Waals surface area contributed by atoms with Crippen LogP contribution in [0.25, 0.3) is 22.4 Å². The molecule has 1 atom stereocenters. The minimum Gasteiger partial charge on any atom is -0.492 e. The van der Waals surface area contributed by atoms with Crippen molar-refractivity contribution < 1.29 is 4.74 Å². The maximum Gasteiger partial charge on any atom is 0.142 e. The molecule has 1 unspecified atom stereocenters. The number of nitrogens with two attached hydrogens (primary N) is 2. The summed E-state index contributed by atoms with van der Waals surface area (Å²) in [6.07, 6.45) is 0. The van der Waals surface area contributed by atoms with E-state index in [0.717, 1.165) is 22.4 Å². The maximum absolute atomic E-state index is 6.11. The van der Waals surface area contributed by atoms with Gasteiger partial charge in [0.2, 0.25) is 0 Å². The van der Waals surface area contributed by atoms with Crippen LogP contribution in [0, 0.1) is 0 Å². The van der Waals surface area contributed by atoms with E-state index < -0.39 is 0 Å². The molecule has 0 spiro atoms. The summed E-state index contributed by atoms with van der Waals surface area (Å²) in [6.45, 7) is 5.16. The van der Waals surface area contributed by atoms with E-state index in [9.17, 15) is 0 Å². The summed E-state index contributed by atoms with van der Waals surface area (Å²) in [5, 5.41) is 0. The van der Waals surface area contributed by atoms with E-state index in [2.05, 4.69) is 17.6 Å². The summed E-state index contributed by atoms with van der Waals surface area (Å²) in [4.78, 5) is 4.78. The Labute approximate surface area is 135 Å². The van der Waals surface area contributed by atoms with Crippen molar-refractivity contribution in [1.29, 1.82) is 0 Å². The molecule has 4 N–H and O–H groups in total. The van der Waals surface area contributed by atoms with Crippen LogP contribution in [0.3, 0.4) is 0 Å². The summed E-state index contributed by atoms with van der Waals surface area (Å²) in [7, 11) is 0. The van der Waals surface area contributed by atoms with Crippen molar-refractivity contribution >= 4 is 16.7 Å². The second-order valence-electron chi connectivity index (χ2n) is 5.56. The first-order chi connectivity index (χ1) is 11.2. The van der Waals surface area contributed by atoms with Gasteiger partial charge in [0.15, 0.2) is 0 Å². The van der Waals surface area contributed by atoms with Crippen LogP contribution in [0.5, 0.6) is 5.75 Å². The van der Waals surface area contributed by atoms with Crippen LogP contribution in [0.4, 0.5) is 5.69 Å². The quantitative estimate of drug-likeness (QED) is 0.709. The SMILES string of the molecule is CCOc1ccc(-c2nc3ccccc3n2C(C)CN)cc1N. The Morgan fingerprint density at radius 2 is 2.00 bits per heavy atom. The third-order valence-corrected chi connectivity index (χ3v) is 3.95. The molecule has 23 heavy (non-hydrogen) atoms. The van der Waals surface area contributed by atoms with Gasteiger partial charge in [0, 0.05) is 18.2 Å². The summed E-state index contributed by atoms with van der Waals surface area (Å²) in [5.74, 6) is 1.57. The summed E-state index contributed by atoms with van der Waals surface area (Å²) >= 11 is 0. The van der Waals surface area contributed by atoms with Gasteiger partial charge in [-0.1, -0.05) is 12.1 Å². The smallest absolute Gasteiger partial charge is 0.142 e. The van der Waals surface area contributed by atoms with Crippen LogP contribution in [-0.4, -0.2) is 22.7 Å². The topological polar surface area (TPSA) is 79.1 Å². The molecule has 0 saturated heterocycles. The highest BCUT2D eigenvalue weighted by Crippen LogP contribution is 2.32. The Hall–Kier alpha value is -2.53.